The van der Waals surface area contributed by atoms with E-state index < -0.39 is 6.10 Å². The molecule has 2 N–H and O–H groups in total. The fraction of sp³-hybridized carbons (Fsp3) is 0.593. The third-order valence-electron chi connectivity index (χ3n) is 7.38. The molecule has 4 nitrogen and oxygen atoms in total. The van der Waals surface area contributed by atoms with Crippen LogP contribution in [-0.2, 0) is 11.2 Å². The number of benzene rings is 1. The number of aliphatic hydroxyl groups is 2. The summed E-state index contributed by atoms with van der Waals surface area (Å²) in [7, 11) is 0. The van der Waals surface area contributed by atoms with Crippen LogP contribution in [0.1, 0.15) is 56.1 Å². The molecule has 0 radical (unpaired) electrons. The molecule has 1 saturated carbocycles. The number of amides is 1. The lowest BCUT2D eigenvalue weighted by Gasteiger charge is -2.19. The summed E-state index contributed by atoms with van der Waals surface area (Å²) < 4.78 is 0. The average molecular weight is 424 g/mol. The average Bonchev–Trinajstić information content (AvgIpc) is 3.44. The highest BCUT2D eigenvalue weighted by Crippen LogP contribution is 2.48. The highest BCUT2D eigenvalue weighted by molar-refractivity contribution is 5.76. The number of allylic oxidation sites excluding steroid dienone is 2. The summed E-state index contributed by atoms with van der Waals surface area (Å²) >= 11 is 0. The van der Waals surface area contributed by atoms with Crippen LogP contribution >= 0.6 is 0 Å². The van der Waals surface area contributed by atoms with E-state index in [1.165, 1.54) is 11.1 Å². The van der Waals surface area contributed by atoms with E-state index in [1.54, 1.807) is 0 Å². The van der Waals surface area contributed by atoms with Gasteiger partial charge < -0.3 is 15.1 Å². The number of hydrogen-bond acceptors (Lipinski definition) is 3. The second kappa shape index (κ2) is 10.1. The Hall–Kier alpha value is -1.91. The Morgan fingerprint density at radius 3 is 2.87 bits per heavy atom. The van der Waals surface area contributed by atoms with Crippen LogP contribution in [0.3, 0.4) is 0 Å². The first-order valence-corrected chi connectivity index (χ1v) is 12.1. The minimum Gasteiger partial charge on any atom is -0.392 e. The number of fused-ring (bicyclic) bond motifs is 1. The SMILES string of the molecule is Cc1cccc(C[C@@H](O)C=C[C@@H]2[C@H]3CC(CCCC(=O)N4CCCC4)=C[C@H]3C[C@H]2O)c1. The highest BCUT2D eigenvalue weighted by atomic mass is 16.3. The van der Waals surface area contributed by atoms with Gasteiger partial charge in [0.15, 0.2) is 0 Å². The van der Waals surface area contributed by atoms with Crippen LogP contribution in [0.4, 0.5) is 0 Å². The molecule has 4 heteroatoms. The standard InChI is InChI=1S/C27H37NO3/c1-19-6-4-7-20(14-19)16-23(29)10-11-24-25-17-21(15-22(25)18-26(24)30)8-5-9-27(31)28-12-2-3-13-28/h4,6-7,10-11,14-15,22-26,29-30H,2-3,5,8-9,12-13,16-18H2,1H3/t22-,23-,24+,25-,26+/m0/s1. The third-order valence-corrected chi connectivity index (χ3v) is 7.38. The van der Waals surface area contributed by atoms with Gasteiger partial charge in [-0.05, 0) is 62.8 Å². The van der Waals surface area contributed by atoms with E-state index in [4.69, 9.17) is 0 Å². The predicted molar refractivity (Wildman–Crippen MR) is 123 cm³/mol. The Morgan fingerprint density at radius 1 is 1.29 bits per heavy atom. The predicted octanol–water partition coefficient (Wildman–Crippen LogP) is 4.19. The molecule has 1 aromatic carbocycles. The van der Waals surface area contributed by atoms with Crippen molar-refractivity contribution < 1.29 is 15.0 Å². The molecule has 31 heavy (non-hydrogen) atoms. The summed E-state index contributed by atoms with van der Waals surface area (Å²) in [5.41, 5.74) is 3.79. The minimum atomic E-state index is -0.529. The summed E-state index contributed by atoms with van der Waals surface area (Å²) in [4.78, 5) is 14.3. The normalized spacial score (nSPS) is 28.9. The monoisotopic (exact) mass is 423 g/mol. The summed E-state index contributed by atoms with van der Waals surface area (Å²) in [5.74, 6) is 1.29. The zero-order valence-electron chi connectivity index (χ0n) is 18.7. The molecule has 2 fully saturated rings. The van der Waals surface area contributed by atoms with E-state index in [0.29, 0.717) is 30.6 Å². The van der Waals surface area contributed by atoms with Gasteiger partial charge in [-0.2, -0.15) is 0 Å². The molecule has 0 unspecified atom stereocenters. The molecule has 0 aromatic heterocycles. The Kier molecular flexibility index (Phi) is 7.29. The van der Waals surface area contributed by atoms with E-state index >= 15 is 0 Å². The summed E-state index contributed by atoms with van der Waals surface area (Å²) in [6, 6.07) is 8.25. The summed E-state index contributed by atoms with van der Waals surface area (Å²) in [6.45, 7) is 3.94. The largest absolute Gasteiger partial charge is 0.392 e. The number of likely N-dealkylation sites (tertiary alicyclic amines) is 1. The minimum absolute atomic E-state index is 0.108. The Bertz CT molecular complexity index is 824. The summed E-state index contributed by atoms with van der Waals surface area (Å²) in [5, 5.41) is 21.1. The lowest BCUT2D eigenvalue weighted by Crippen LogP contribution is -2.27. The molecule has 1 saturated heterocycles. The van der Waals surface area contributed by atoms with Crippen LogP contribution in [0.25, 0.3) is 0 Å². The number of rotatable bonds is 8. The molecule has 2 aliphatic carbocycles. The lowest BCUT2D eigenvalue weighted by molar-refractivity contribution is -0.130. The van der Waals surface area contributed by atoms with Crippen molar-refractivity contribution in [2.24, 2.45) is 17.8 Å². The molecule has 4 rings (SSSR count). The number of hydrogen-bond donors (Lipinski definition) is 2. The Labute approximate surface area is 186 Å². The van der Waals surface area contributed by atoms with Crippen LogP contribution in [0.15, 0.2) is 48.1 Å². The van der Waals surface area contributed by atoms with Crippen LogP contribution in [-0.4, -0.2) is 46.3 Å². The molecule has 1 aliphatic heterocycles. The van der Waals surface area contributed by atoms with Crippen molar-refractivity contribution in [2.45, 2.75) is 70.5 Å². The van der Waals surface area contributed by atoms with Gasteiger partial charge in [-0.1, -0.05) is 53.6 Å². The van der Waals surface area contributed by atoms with Gasteiger partial charge in [-0.25, -0.2) is 0 Å². The third kappa shape index (κ3) is 5.67. The first-order chi connectivity index (χ1) is 15.0. The van der Waals surface area contributed by atoms with Crippen LogP contribution in [0, 0.1) is 24.7 Å². The van der Waals surface area contributed by atoms with Gasteiger partial charge >= 0.3 is 0 Å². The van der Waals surface area contributed by atoms with E-state index in [9.17, 15) is 15.0 Å². The quantitative estimate of drug-likeness (QED) is 0.617. The van der Waals surface area contributed by atoms with E-state index in [1.807, 2.05) is 23.1 Å². The van der Waals surface area contributed by atoms with Gasteiger partial charge in [0.05, 0.1) is 12.2 Å². The van der Waals surface area contributed by atoms with E-state index in [-0.39, 0.29) is 12.0 Å². The number of aliphatic hydroxyl groups excluding tert-OH is 2. The van der Waals surface area contributed by atoms with Gasteiger partial charge in [-0.3, -0.25) is 4.79 Å². The molecule has 0 bridgehead atoms. The number of carbonyl (C=O) groups is 1. The number of nitrogens with zero attached hydrogens (tertiary/aromatic N) is 1. The van der Waals surface area contributed by atoms with Crippen molar-refractivity contribution in [3.63, 3.8) is 0 Å². The van der Waals surface area contributed by atoms with Gasteiger partial charge in [0.1, 0.15) is 0 Å². The zero-order chi connectivity index (χ0) is 21.8. The molecule has 1 amide bonds. The van der Waals surface area contributed by atoms with Gasteiger partial charge in [-0.15, -0.1) is 0 Å². The maximum absolute atomic E-state index is 12.2. The highest BCUT2D eigenvalue weighted by Gasteiger charge is 2.43. The lowest BCUT2D eigenvalue weighted by atomic mass is 9.88. The van der Waals surface area contributed by atoms with Gasteiger partial charge in [0.2, 0.25) is 5.91 Å². The molecular formula is C27H37NO3. The molecular weight excluding hydrogens is 386 g/mol. The fourth-order valence-electron chi connectivity index (χ4n) is 5.79. The smallest absolute Gasteiger partial charge is 0.222 e. The molecule has 0 spiro atoms. The van der Waals surface area contributed by atoms with E-state index in [2.05, 4.69) is 31.2 Å². The molecule has 1 aromatic rings. The Balaban J connectivity index is 1.25. The topological polar surface area (TPSA) is 60.8 Å². The molecule has 3 aliphatic rings. The van der Waals surface area contributed by atoms with Crippen molar-refractivity contribution in [3.8, 4) is 0 Å². The maximum atomic E-state index is 12.2. The molecule has 1 heterocycles. The zero-order valence-corrected chi connectivity index (χ0v) is 18.7. The maximum Gasteiger partial charge on any atom is 0.222 e. The van der Waals surface area contributed by atoms with Crippen molar-refractivity contribution in [1.29, 1.82) is 0 Å². The number of aryl methyl sites for hydroxylation is 1. The molecule has 168 valence electrons. The first-order valence-electron chi connectivity index (χ1n) is 12.1. The first kappa shape index (κ1) is 22.3. The second-order valence-corrected chi connectivity index (χ2v) is 9.82. The van der Waals surface area contributed by atoms with Crippen LogP contribution < -0.4 is 0 Å². The fourth-order valence-corrected chi connectivity index (χ4v) is 5.79. The van der Waals surface area contributed by atoms with Crippen molar-refractivity contribution >= 4 is 5.91 Å². The van der Waals surface area contributed by atoms with Crippen molar-refractivity contribution in [2.75, 3.05) is 13.1 Å². The Morgan fingerprint density at radius 2 is 2.10 bits per heavy atom. The van der Waals surface area contributed by atoms with Gasteiger partial charge in [0.25, 0.3) is 0 Å². The summed E-state index contributed by atoms with van der Waals surface area (Å²) in [6.07, 6.45) is 12.8. The second-order valence-electron chi connectivity index (χ2n) is 9.82. The van der Waals surface area contributed by atoms with Crippen LogP contribution in [0.2, 0.25) is 0 Å². The molecule has 5 atom stereocenters. The van der Waals surface area contributed by atoms with Gasteiger partial charge in [0, 0.05) is 31.8 Å². The van der Waals surface area contributed by atoms with E-state index in [0.717, 1.165) is 57.2 Å². The van der Waals surface area contributed by atoms with Crippen molar-refractivity contribution in [1.82, 2.24) is 4.90 Å². The van der Waals surface area contributed by atoms with Crippen molar-refractivity contribution in [3.05, 3.63) is 59.2 Å². The van der Waals surface area contributed by atoms with Crippen LogP contribution in [0.5, 0.6) is 0 Å². The number of carbonyl (C=O) groups excluding carboxylic acids is 1.